The van der Waals surface area contributed by atoms with Gasteiger partial charge in [-0.05, 0) is 30.3 Å². The van der Waals surface area contributed by atoms with E-state index in [1.54, 1.807) is 36.8 Å². The first-order valence-electron chi connectivity index (χ1n) is 17.8. The minimum absolute atomic E-state index is 0. The molecule has 3 aromatic carbocycles. The second-order valence-electron chi connectivity index (χ2n) is 11.9. The maximum atomic E-state index is 8.03. The van der Waals surface area contributed by atoms with Crippen molar-refractivity contribution in [2.45, 2.75) is 31.0 Å². The van der Waals surface area contributed by atoms with E-state index in [-0.39, 0.29) is 25.7 Å². The second-order valence-corrected chi connectivity index (χ2v) is 22.5. The molecule has 47 heavy (non-hydrogen) atoms. The number of aryl methyl sites for hydroxylation is 2. The zero-order valence-corrected chi connectivity index (χ0v) is 30.4. The van der Waals surface area contributed by atoms with Gasteiger partial charge in [0, 0.05) is 47.7 Å². The molecule has 235 valence electrons. The molecule has 5 heterocycles. The van der Waals surface area contributed by atoms with E-state index in [1.807, 2.05) is 59.3 Å². The van der Waals surface area contributed by atoms with Crippen LogP contribution in [0.15, 0.2) is 114 Å². The van der Waals surface area contributed by atoms with Gasteiger partial charge in [0.05, 0.1) is 28.6 Å². The predicted octanol–water partition coefficient (Wildman–Crippen LogP) is 8.89. The number of rotatable bonds is 4. The third kappa shape index (κ3) is 6.44. The fourth-order valence-electron chi connectivity index (χ4n) is 5.33. The molecular formula is C39H33GeIrN5O-2. The van der Waals surface area contributed by atoms with Gasteiger partial charge in [0.25, 0.3) is 0 Å². The molecule has 0 aliphatic carbocycles. The number of pyridine rings is 3. The molecule has 0 amide bonds. The van der Waals surface area contributed by atoms with Crippen molar-refractivity contribution in [2.24, 2.45) is 0 Å². The zero-order chi connectivity index (χ0) is 36.8. The maximum Gasteiger partial charge on any atom is 0.216 e. The summed E-state index contributed by atoms with van der Waals surface area (Å²) >= 11 is -1.83. The summed E-state index contributed by atoms with van der Waals surface area (Å²) in [5.41, 5.74) is 5.95. The van der Waals surface area contributed by atoms with E-state index < -0.39 is 27.0 Å². The summed E-state index contributed by atoms with van der Waals surface area (Å²) < 4.78 is 55.6. The third-order valence-electron chi connectivity index (χ3n) is 7.74. The summed E-state index contributed by atoms with van der Waals surface area (Å²) in [7, 11) is 0. The fourth-order valence-corrected chi connectivity index (χ4v) is 7.51. The van der Waals surface area contributed by atoms with Gasteiger partial charge in [0.15, 0.2) is 0 Å². The molecule has 8 aromatic rings. The number of aromatic nitrogens is 5. The van der Waals surface area contributed by atoms with E-state index in [2.05, 4.69) is 50.4 Å². The van der Waals surface area contributed by atoms with Crippen molar-refractivity contribution in [1.29, 1.82) is 0 Å². The van der Waals surface area contributed by atoms with Crippen LogP contribution in [0.25, 0.3) is 61.4 Å². The van der Waals surface area contributed by atoms with Crippen molar-refractivity contribution in [1.82, 2.24) is 24.5 Å². The van der Waals surface area contributed by atoms with E-state index in [1.165, 1.54) is 16.5 Å². The van der Waals surface area contributed by atoms with Crippen molar-refractivity contribution >= 4 is 50.8 Å². The molecule has 8 rings (SSSR count). The van der Waals surface area contributed by atoms with Crippen LogP contribution in [0.1, 0.15) is 19.4 Å². The van der Waals surface area contributed by atoms with Crippen LogP contribution in [0, 0.1) is 25.8 Å². The normalized spacial score (nSPS) is 13.8. The molecule has 0 aliphatic heterocycles. The summed E-state index contributed by atoms with van der Waals surface area (Å²) in [5, 5.41) is 1.15. The molecule has 6 nitrogen and oxygen atoms in total. The van der Waals surface area contributed by atoms with E-state index >= 15 is 0 Å². The van der Waals surface area contributed by atoms with Crippen molar-refractivity contribution in [3.8, 4) is 28.3 Å². The number of hydrogen-bond donors (Lipinski definition) is 0. The summed E-state index contributed by atoms with van der Waals surface area (Å²) in [6, 6.07) is 31.9. The van der Waals surface area contributed by atoms with Gasteiger partial charge in [-0.3, -0.25) is 9.97 Å². The van der Waals surface area contributed by atoms with Crippen molar-refractivity contribution in [3.05, 3.63) is 133 Å². The monoisotopic (exact) mass is 860 g/mol. The predicted molar refractivity (Wildman–Crippen MR) is 189 cm³/mol. The molecule has 5 aromatic heterocycles. The summed E-state index contributed by atoms with van der Waals surface area (Å²) in [4.78, 5) is 17.9. The quantitative estimate of drug-likeness (QED) is 0.131. The smallest absolute Gasteiger partial charge is 0.216 e. The maximum absolute atomic E-state index is 8.03. The Balaban J connectivity index is 0.000000199. The summed E-state index contributed by atoms with van der Waals surface area (Å²) in [6.07, 6.45) is 7.01. The molecule has 0 spiro atoms. The Hall–Kier alpha value is -4.43. The van der Waals surface area contributed by atoms with E-state index in [4.69, 9.17) is 17.6 Å². The van der Waals surface area contributed by atoms with Gasteiger partial charge >= 0.3 is 110 Å². The minimum atomic E-state index is -2.33. The first-order chi connectivity index (χ1) is 24.7. The third-order valence-corrected chi connectivity index (χ3v) is 12.0. The molecule has 8 heteroatoms. The summed E-state index contributed by atoms with van der Waals surface area (Å²) in [6.45, 7) is -4.41. The first-order valence-corrected chi connectivity index (χ1v) is 22.1. The average molecular weight is 859 g/mol. The molecule has 0 N–H and O–H groups in total. The topological polar surface area (TPSA) is 69.6 Å². The van der Waals surface area contributed by atoms with Gasteiger partial charge in [-0.2, -0.15) is 0 Å². The molecule has 0 unspecified atom stereocenters. The Morgan fingerprint density at radius 2 is 1.70 bits per heavy atom. The number of imidazole rings is 1. The SMILES string of the molecule is [2H]C([2H])([2H])c1c[c-]c(-c2cc[c]([Ge]([CH3])([CH3])[CH3])cn2)cc1.[2H]C([2H])([2H])c1c[c-]c(-c2nc3ccncc3n2-c2ccccc2)c2oc3ncccc3c12.[Ir]. The molecular weight excluding hydrogens is 819 g/mol. The van der Waals surface area contributed by atoms with E-state index in [0.717, 1.165) is 28.0 Å². The van der Waals surface area contributed by atoms with Crippen LogP contribution in [0.2, 0.25) is 17.3 Å². The largest absolute Gasteiger partial charge is 0.486 e. The van der Waals surface area contributed by atoms with E-state index in [0.29, 0.717) is 39.0 Å². The fraction of sp³-hybridized carbons (Fsp3) is 0.128. The molecule has 1 radical (unpaired) electrons. The second kappa shape index (κ2) is 13.4. The van der Waals surface area contributed by atoms with Crippen LogP contribution < -0.4 is 4.40 Å². The van der Waals surface area contributed by atoms with Gasteiger partial charge in [-0.1, -0.05) is 36.0 Å². The van der Waals surface area contributed by atoms with Crippen LogP contribution in [0.5, 0.6) is 0 Å². The van der Waals surface area contributed by atoms with Crippen LogP contribution in [0.3, 0.4) is 0 Å². The van der Waals surface area contributed by atoms with Gasteiger partial charge in [-0.25, -0.2) is 4.98 Å². The van der Waals surface area contributed by atoms with Crippen molar-refractivity contribution < 1.29 is 32.7 Å². The Morgan fingerprint density at radius 1 is 0.830 bits per heavy atom. The Labute approximate surface area is 299 Å². The number of furan rings is 1. The zero-order valence-electron chi connectivity index (χ0n) is 31.9. The molecule has 0 fully saturated rings. The Kier molecular flexibility index (Phi) is 7.29. The van der Waals surface area contributed by atoms with Crippen LogP contribution in [0.4, 0.5) is 0 Å². The number of fused-ring (bicyclic) bond motifs is 4. The molecule has 0 atom stereocenters. The van der Waals surface area contributed by atoms with Crippen molar-refractivity contribution in [2.75, 3.05) is 0 Å². The van der Waals surface area contributed by atoms with Crippen LogP contribution in [-0.4, -0.2) is 37.8 Å². The minimum Gasteiger partial charge on any atom is -0.486 e. The number of para-hydroxylation sites is 1. The first kappa shape index (κ1) is 25.6. The van der Waals surface area contributed by atoms with Gasteiger partial charge in [-0.15, -0.1) is 17.7 Å². The molecule has 0 bridgehead atoms. The Morgan fingerprint density at radius 3 is 2.43 bits per heavy atom. The average Bonchev–Trinajstić information content (AvgIpc) is 3.70. The van der Waals surface area contributed by atoms with Gasteiger partial charge in [0.2, 0.25) is 5.71 Å². The van der Waals surface area contributed by atoms with Gasteiger partial charge < -0.3 is 8.98 Å². The molecule has 0 saturated heterocycles. The molecule has 0 aliphatic rings. The van der Waals surface area contributed by atoms with Crippen LogP contribution in [-0.2, 0) is 20.1 Å². The van der Waals surface area contributed by atoms with E-state index in [9.17, 15) is 0 Å². The van der Waals surface area contributed by atoms with Gasteiger partial charge in [0.1, 0.15) is 0 Å². The molecule has 0 saturated carbocycles. The standard InChI is InChI=1S/C24H15N4O.C15H18GeN.Ir/c1-15-9-10-18(22-21(15)17-8-5-12-26-24(17)29-22)23-27-19-11-13-25-14-20(19)28(23)16-6-3-2-4-7-16;1-12-5-7-13(8-6-12)15-10-9-14(11-17-15)16(2,3)4;/h2-9,11-14H,1H3;5-7,9-11H,1-4H3;/q2*-1;/i2*1D3;. The number of hydrogen-bond acceptors (Lipinski definition) is 5. The summed E-state index contributed by atoms with van der Waals surface area (Å²) in [5.74, 6) is 7.57. The van der Waals surface area contributed by atoms with Crippen molar-refractivity contribution in [3.63, 3.8) is 0 Å². The number of benzene rings is 3. The van der Waals surface area contributed by atoms with Crippen LogP contribution >= 0.6 is 0 Å². The number of nitrogens with zero attached hydrogens (tertiary/aromatic N) is 5. The Bertz CT molecular complexity index is 2470.